The van der Waals surface area contributed by atoms with Crippen LogP contribution in [0.3, 0.4) is 0 Å². The zero-order valence-corrected chi connectivity index (χ0v) is 13.3. The molecule has 0 spiro atoms. The van der Waals surface area contributed by atoms with Crippen LogP contribution in [0.15, 0.2) is 0 Å². The monoisotopic (exact) mass is 305 g/mol. The molecule has 2 aliphatic heterocycles. The Morgan fingerprint density at radius 3 is 2.71 bits per heavy atom. The van der Waals surface area contributed by atoms with E-state index in [4.69, 9.17) is 0 Å². The molecule has 1 aromatic heterocycles. The zero-order valence-electron chi connectivity index (χ0n) is 12.5. The van der Waals surface area contributed by atoms with E-state index in [0.29, 0.717) is 12.5 Å². The summed E-state index contributed by atoms with van der Waals surface area (Å²) in [6, 6.07) is 0.696. The highest BCUT2D eigenvalue weighted by Gasteiger charge is 2.31. The Balaban J connectivity index is 1.47. The van der Waals surface area contributed by atoms with Gasteiger partial charge in [0.25, 0.3) is 0 Å². The molecular formula is C16H23N3OS. The van der Waals surface area contributed by atoms with E-state index in [-0.39, 0.29) is 5.78 Å². The maximum atomic E-state index is 11.9. The predicted molar refractivity (Wildman–Crippen MR) is 85.4 cm³/mol. The summed E-state index contributed by atoms with van der Waals surface area (Å²) < 4.78 is 0. The first-order valence-electron chi connectivity index (χ1n) is 8.33. The van der Waals surface area contributed by atoms with E-state index in [1.807, 2.05) is 0 Å². The first-order valence-corrected chi connectivity index (χ1v) is 9.15. The van der Waals surface area contributed by atoms with E-state index in [9.17, 15) is 4.79 Å². The summed E-state index contributed by atoms with van der Waals surface area (Å²) in [5.41, 5.74) is 0.780. The number of nitrogens with zero attached hydrogens (tertiary/aromatic N) is 3. The average molecular weight is 305 g/mol. The quantitative estimate of drug-likeness (QED) is 0.842. The molecule has 0 radical (unpaired) electrons. The zero-order chi connectivity index (χ0) is 14.2. The molecule has 114 valence electrons. The topological polar surface area (TPSA) is 36.4 Å². The maximum Gasteiger partial charge on any atom is 0.186 e. The molecule has 2 fully saturated rings. The Labute approximate surface area is 130 Å². The third-order valence-electron chi connectivity index (χ3n) is 5.10. The van der Waals surface area contributed by atoms with Gasteiger partial charge in [-0.05, 0) is 45.2 Å². The van der Waals surface area contributed by atoms with Crippen LogP contribution >= 0.6 is 11.3 Å². The predicted octanol–water partition coefficient (Wildman–Crippen LogP) is 2.73. The number of carbonyl (C=O) groups is 1. The van der Waals surface area contributed by atoms with Crippen LogP contribution in [0.1, 0.15) is 53.9 Å². The van der Waals surface area contributed by atoms with Crippen molar-refractivity contribution >= 4 is 22.3 Å². The van der Waals surface area contributed by atoms with Crippen molar-refractivity contribution < 1.29 is 4.79 Å². The van der Waals surface area contributed by atoms with E-state index in [1.54, 1.807) is 11.3 Å². The molecule has 0 saturated carbocycles. The average Bonchev–Trinajstić information content (AvgIpc) is 3.15. The van der Waals surface area contributed by atoms with Crippen molar-refractivity contribution in [3.8, 4) is 0 Å². The smallest absolute Gasteiger partial charge is 0.186 e. The molecule has 0 aromatic carbocycles. The molecule has 3 heterocycles. The number of rotatable bonds is 2. The van der Waals surface area contributed by atoms with Crippen LogP contribution in [-0.2, 0) is 6.42 Å². The number of aromatic nitrogens is 1. The van der Waals surface area contributed by atoms with Gasteiger partial charge < -0.3 is 4.90 Å². The second-order valence-electron chi connectivity index (χ2n) is 6.53. The van der Waals surface area contributed by atoms with E-state index < -0.39 is 0 Å². The molecule has 2 saturated heterocycles. The molecular weight excluding hydrogens is 282 g/mol. The molecule has 0 bridgehead atoms. The molecule has 4 rings (SSSR count). The highest BCUT2D eigenvalue weighted by atomic mass is 32.1. The summed E-state index contributed by atoms with van der Waals surface area (Å²) in [4.78, 5) is 22.9. The van der Waals surface area contributed by atoms with Gasteiger partial charge in [-0.2, -0.15) is 0 Å². The largest absolute Gasteiger partial charge is 0.346 e. The van der Waals surface area contributed by atoms with Gasteiger partial charge in [0.05, 0.1) is 0 Å². The Morgan fingerprint density at radius 1 is 1.05 bits per heavy atom. The maximum absolute atomic E-state index is 11.9. The Kier molecular flexibility index (Phi) is 3.71. The fourth-order valence-electron chi connectivity index (χ4n) is 3.89. The summed E-state index contributed by atoms with van der Waals surface area (Å²) in [6.45, 7) is 4.74. The summed E-state index contributed by atoms with van der Waals surface area (Å²) in [5, 5.41) is 1.09. The number of thiazole rings is 1. The number of likely N-dealkylation sites (tertiary alicyclic amines) is 1. The number of ketones is 1. The van der Waals surface area contributed by atoms with Crippen molar-refractivity contribution in [2.24, 2.45) is 0 Å². The molecule has 0 amide bonds. The molecule has 3 aliphatic rings. The lowest BCUT2D eigenvalue weighted by Crippen LogP contribution is -2.40. The van der Waals surface area contributed by atoms with Gasteiger partial charge in [-0.15, -0.1) is 11.3 Å². The van der Waals surface area contributed by atoms with Crippen molar-refractivity contribution in [2.75, 3.05) is 31.1 Å². The van der Waals surface area contributed by atoms with Gasteiger partial charge in [-0.3, -0.25) is 9.69 Å². The van der Waals surface area contributed by atoms with Gasteiger partial charge in [0, 0.05) is 30.4 Å². The number of Topliss-reactive ketones (excluding diaryl/α,β-unsaturated/α-hetero) is 1. The second kappa shape index (κ2) is 5.69. The van der Waals surface area contributed by atoms with Gasteiger partial charge in [0.2, 0.25) is 0 Å². The number of anilines is 1. The minimum atomic E-state index is 0.255. The van der Waals surface area contributed by atoms with Crippen LogP contribution in [0.25, 0.3) is 0 Å². The fraction of sp³-hybridized carbons (Fsp3) is 0.750. The number of aryl methyl sites for hydroxylation is 1. The van der Waals surface area contributed by atoms with Crippen molar-refractivity contribution in [1.82, 2.24) is 9.88 Å². The van der Waals surface area contributed by atoms with Gasteiger partial charge in [-0.1, -0.05) is 6.42 Å². The number of hydrogen-bond donors (Lipinski definition) is 0. The van der Waals surface area contributed by atoms with Crippen molar-refractivity contribution in [1.29, 1.82) is 0 Å². The summed E-state index contributed by atoms with van der Waals surface area (Å²) in [6.07, 6.45) is 8.10. The van der Waals surface area contributed by atoms with Crippen LogP contribution in [-0.4, -0.2) is 47.9 Å². The summed E-state index contributed by atoms with van der Waals surface area (Å²) >= 11 is 1.76. The molecule has 1 atom stereocenters. The Bertz CT molecular complexity index is 536. The van der Waals surface area contributed by atoms with Crippen molar-refractivity contribution in [3.05, 3.63) is 10.6 Å². The molecule has 1 aromatic rings. The lowest BCUT2D eigenvalue weighted by molar-refractivity contribution is 0.0968. The molecule has 0 N–H and O–H groups in total. The molecule has 4 nitrogen and oxygen atoms in total. The lowest BCUT2D eigenvalue weighted by atomic mass is 10.0. The van der Waals surface area contributed by atoms with Gasteiger partial charge in [-0.25, -0.2) is 4.98 Å². The van der Waals surface area contributed by atoms with Crippen LogP contribution in [0.2, 0.25) is 0 Å². The number of piperidine rings is 1. The van der Waals surface area contributed by atoms with Crippen LogP contribution in [0.4, 0.5) is 5.13 Å². The minimum absolute atomic E-state index is 0.255. The third kappa shape index (κ3) is 2.61. The van der Waals surface area contributed by atoms with Gasteiger partial charge in [0.1, 0.15) is 5.69 Å². The highest BCUT2D eigenvalue weighted by Crippen LogP contribution is 2.34. The molecule has 1 unspecified atom stereocenters. The normalized spacial score (nSPS) is 27.1. The van der Waals surface area contributed by atoms with Crippen LogP contribution in [0.5, 0.6) is 0 Å². The van der Waals surface area contributed by atoms with Crippen molar-refractivity contribution in [2.45, 2.75) is 51.0 Å². The fourth-order valence-corrected chi connectivity index (χ4v) is 5.04. The van der Waals surface area contributed by atoms with E-state index >= 15 is 0 Å². The number of fused-ring (bicyclic) bond motifs is 1. The number of hydrogen-bond acceptors (Lipinski definition) is 5. The minimum Gasteiger partial charge on any atom is -0.346 e. The molecule has 21 heavy (non-hydrogen) atoms. The first kappa shape index (κ1) is 13.7. The lowest BCUT2D eigenvalue weighted by Gasteiger charge is -2.32. The van der Waals surface area contributed by atoms with Crippen molar-refractivity contribution in [3.63, 3.8) is 0 Å². The first-order chi connectivity index (χ1) is 10.3. The Morgan fingerprint density at radius 2 is 1.90 bits per heavy atom. The highest BCUT2D eigenvalue weighted by molar-refractivity contribution is 7.16. The van der Waals surface area contributed by atoms with E-state index in [2.05, 4.69) is 14.8 Å². The SMILES string of the molecule is O=C1CCCc2sc(N3CCC(N4CCCCC4)C3)nc21. The summed E-state index contributed by atoms with van der Waals surface area (Å²) in [5.74, 6) is 0.255. The van der Waals surface area contributed by atoms with Gasteiger partial charge >= 0.3 is 0 Å². The van der Waals surface area contributed by atoms with Gasteiger partial charge in [0.15, 0.2) is 10.9 Å². The Hall–Kier alpha value is -0.940. The third-order valence-corrected chi connectivity index (χ3v) is 6.27. The standard InChI is InChI=1S/C16H23N3OS/c20-13-5-4-6-14-15(13)17-16(21-14)19-10-7-12(11-19)18-8-2-1-3-9-18/h12H,1-11H2. The van der Waals surface area contributed by atoms with E-state index in [1.165, 1.54) is 43.6 Å². The number of carbonyl (C=O) groups excluding carboxylic acids is 1. The second-order valence-corrected chi connectivity index (χ2v) is 7.59. The summed E-state index contributed by atoms with van der Waals surface area (Å²) in [7, 11) is 0. The van der Waals surface area contributed by atoms with Crippen LogP contribution < -0.4 is 4.90 Å². The van der Waals surface area contributed by atoms with Crippen LogP contribution in [0, 0.1) is 0 Å². The van der Waals surface area contributed by atoms with E-state index in [0.717, 1.165) is 36.8 Å². The molecule has 5 heteroatoms. The molecule has 1 aliphatic carbocycles.